The van der Waals surface area contributed by atoms with Crippen molar-refractivity contribution in [1.29, 1.82) is 0 Å². The average molecular weight is 364 g/mol. The van der Waals surface area contributed by atoms with Gasteiger partial charge >= 0.3 is 0 Å². The van der Waals surface area contributed by atoms with Crippen molar-refractivity contribution in [1.82, 2.24) is 0 Å². The number of alkyl halides is 1. The highest BCUT2D eigenvalue weighted by Gasteiger charge is 2.09. The minimum atomic E-state index is -1.01. The van der Waals surface area contributed by atoms with Crippen LogP contribution in [0.25, 0.3) is 12.2 Å². The first-order valence-electron chi connectivity index (χ1n) is 9.04. The Balaban J connectivity index is 1.63. The standard InChI is InChI=1S/C24H22F2O/c1-2-27-24-15-14-20(17-23(24)26)13-10-18-8-11-19(12-9-18)16-22(25)21-6-4-3-5-7-21/h3-15,17,22H,2,16H2,1H3/t22-/m1/s1. The van der Waals surface area contributed by atoms with Crippen molar-refractivity contribution in [2.45, 2.75) is 19.5 Å². The van der Waals surface area contributed by atoms with Gasteiger partial charge in [0.25, 0.3) is 0 Å². The topological polar surface area (TPSA) is 9.23 Å². The Morgan fingerprint density at radius 3 is 2.22 bits per heavy atom. The Bertz CT molecular complexity index is 886. The highest BCUT2D eigenvalue weighted by atomic mass is 19.1. The maximum absolute atomic E-state index is 14.4. The first kappa shape index (κ1) is 18.8. The zero-order chi connectivity index (χ0) is 19.1. The fourth-order valence-corrected chi connectivity index (χ4v) is 2.84. The van der Waals surface area contributed by atoms with Crippen molar-refractivity contribution in [2.24, 2.45) is 0 Å². The smallest absolute Gasteiger partial charge is 0.165 e. The zero-order valence-corrected chi connectivity index (χ0v) is 15.2. The van der Waals surface area contributed by atoms with Gasteiger partial charge in [-0.2, -0.15) is 0 Å². The molecule has 0 aliphatic rings. The second kappa shape index (κ2) is 9.13. The fourth-order valence-electron chi connectivity index (χ4n) is 2.84. The molecule has 0 radical (unpaired) electrons. The fraction of sp³-hybridized carbons (Fsp3) is 0.167. The second-order valence-electron chi connectivity index (χ2n) is 6.28. The zero-order valence-electron chi connectivity index (χ0n) is 15.2. The van der Waals surface area contributed by atoms with Crippen LogP contribution < -0.4 is 4.74 Å². The molecule has 3 heteroatoms. The highest BCUT2D eigenvalue weighted by molar-refractivity contribution is 5.70. The average Bonchev–Trinajstić information content (AvgIpc) is 2.70. The molecule has 0 aromatic heterocycles. The monoisotopic (exact) mass is 364 g/mol. The SMILES string of the molecule is CCOc1ccc(C=Cc2ccc(C[C@@H](F)c3ccccc3)cc2)cc1F. The molecule has 3 aromatic rings. The third kappa shape index (κ3) is 5.27. The molecule has 3 rings (SSSR count). The Morgan fingerprint density at radius 1 is 0.889 bits per heavy atom. The Morgan fingerprint density at radius 2 is 1.56 bits per heavy atom. The molecule has 1 nitrogen and oxygen atoms in total. The number of rotatable bonds is 7. The van der Waals surface area contributed by atoms with E-state index in [9.17, 15) is 8.78 Å². The lowest BCUT2D eigenvalue weighted by Gasteiger charge is -2.08. The van der Waals surface area contributed by atoms with Crippen LogP contribution in [0.2, 0.25) is 0 Å². The summed E-state index contributed by atoms with van der Waals surface area (Å²) in [6.07, 6.45) is 3.08. The lowest BCUT2D eigenvalue weighted by Crippen LogP contribution is -1.96. The summed E-state index contributed by atoms with van der Waals surface area (Å²) in [5.74, 6) is -0.109. The van der Waals surface area contributed by atoms with Crippen LogP contribution in [0.3, 0.4) is 0 Å². The third-order valence-electron chi connectivity index (χ3n) is 4.28. The molecule has 0 aliphatic heterocycles. The third-order valence-corrected chi connectivity index (χ3v) is 4.28. The number of hydrogen-bond donors (Lipinski definition) is 0. The van der Waals surface area contributed by atoms with Crippen molar-refractivity contribution in [3.05, 3.63) is 101 Å². The van der Waals surface area contributed by atoms with E-state index in [1.807, 2.05) is 67.6 Å². The summed E-state index contributed by atoms with van der Waals surface area (Å²) in [5, 5.41) is 0. The molecule has 0 unspecified atom stereocenters. The van der Waals surface area contributed by atoms with E-state index in [4.69, 9.17) is 4.74 Å². The first-order valence-corrected chi connectivity index (χ1v) is 9.04. The predicted molar refractivity (Wildman–Crippen MR) is 107 cm³/mol. The van der Waals surface area contributed by atoms with Crippen LogP contribution in [0.5, 0.6) is 5.75 Å². The Kier molecular flexibility index (Phi) is 6.37. The molecule has 1 atom stereocenters. The molecule has 0 fully saturated rings. The van der Waals surface area contributed by atoms with Crippen LogP contribution in [0.1, 0.15) is 35.3 Å². The largest absolute Gasteiger partial charge is 0.491 e. The molecule has 3 aromatic carbocycles. The molecule has 0 saturated carbocycles. The van der Waals surface area contributed by atoms with E-state index < -0.39 is 6.17 Å². The molecular formula is C24H22F2O. The number of halogens is 2. The van der Waals surface area contributed by atoms with Gasteiger partial charge in [-0.1, -0.05) is 72.8 Å². The summed E-state index contributed by atoms with van der Waals surface area (Å²) in [7, 11) is 0. The van der Waals surface area contributed by atoms with E-state index in [-0.39, 0.29) is 11.6 Å². The minimum absolute atomic E-state index is 0.262. The molecule has 0 saturated heterocycles. The quantitative estimate of drug-likeness (QED) is 0.427. The number of benzene rings is 3. The lowest BCUT2D eigenvalue weighted by molar-refractivity contribution is 0.321. The van der Waals surface area contributed by atoms with Gasteiger partial charge in [-0.25, -0.2) is 8.78 Å². The van der Waals surface area contributed by atoms with Crippen LogP contribution in [0, 0.1) is 5.82 Å². The van der Waals surface area contributed by atoms with E-state index in [0.717, 1.165) is 16.7 Å². The molecule has 138 valence electrons. The van der Waals surface area contributed by atoms with Gasteiger partial charge in [0, 0.05) is 6.42 Å². The van der Waals surface area contributed by atoms with E-state index in [2.05, 4.69) is 0 Å². The molecule has 0 spiro atoms. The predicted octanol–water partition coefficient (Wildman–Crippen LogP) is 6.65. The van der Waals surface area contributed by atoms with Crippen LogP contribution in [0.4, 0.5) is 8.78 Å². The molecule has 27 heavy (non-hydrogen) atoms. The van der Waals surface area contributed by atoms with E-state index in [0.29, 0.717) is 18.6 Å². The maximum Gasteiger partial charge on any atom is 0.165 e. The molecule has 0 amide bonds. The van der Waals surface area contributed by atoms with Crippen molar-refractivity contribution in [3.8, 4) is 5.75 Å². The number of hydrogen-bond acceptors (Lipinski definition) is 1. The summed E-state index contributed by atoms with van der Waals surface area (Å²) in [5.41, 5.74) is 3.37. The Labute approximate surface area is 158 Å². The minimum Gasteiger partial charge on any atom is -0.491 e. The maximum atomic E-state index is 14.4. The summed E-state index contributed by atoms with van der Waals surface area (Å²) in [6, 6.07) is 21.8. The molecule has 0 heterocycles. The molecule has 0 N–H and O–H groups in total. The van der Waals surface area contributed by atoms with Crippen molar-refractivity contribution in [2.75, 3.05) is 6.61 Å². The van der Waals surface area contributed by atoms with Gasteiger partial charge in [-0.3, -0.25) is 0 Å². The second-order valence-corrected chi connectivity index (χ2v) is 6.28. The highest BCUT2D eigenvalue weighted by Crippen LogP contribution is 2.23. The lowest BCUT2D eigenvalue weighted by atomic mass is 10.0. The van der Waals surface area contributed by atoms with Gasteiger partial charge < -0.3 is 4.74 Å². The summed E-state index contributed by atoms with van der Waals surface area (Å²) >= 11 is 0. The van der Waals surface area contributed by atoms with Gasteiger partial charge in [0.15, 0.2) is 11.6 Å². The molecule has 0 aliphatic carbocycles. The van der Waals surface area contributed by atoms with Crippen LogP contribution >= 0.6 is 0 Å². The van der Waals surface area contributed by atoms with E-state index >= 15 is 0 Å². The summed E-state index contributed by atoms with van der Waals surface area (Å²) in [4.78, 5) is 0. The van der Waals surface area contributed by atoms with Crippen LogP contribution in [0.15, 0.2) is 72.8 Å². The molecule has 0 bridgehead atoms. The van der Waals surface area contributed by atoms with Crippen molar-refractivity contribution >= 4 is 12.2 Å². The van der Waals surface area contributed by atoms with Gasteiger partial charge in [0.05, 0.1) is 6.61 Å². The normalized spacial score (nSPS) is 12.3. The van der Waals surface area contributed by atoms with E-state index in [1.54, 1.807) is 18.2 Å². The van der Waals surface area contributed by atoms with E-state index in [1.165, 1.54) is 6.07 Å². The first-order chi connectivity index (χ1) is 13.2. The van der Waals surface area contributed by atoms with Crippen LogP contribution in [-0.2, 0) is 6.42 Å². The molecular weight excluding hydrogens is 342 g/mol. The number of ether oxygens (including phenoxy) is 1. The van der Waals surface area contributed by atoms with Crippen molar-refractivity contribution in [3.63, 3.8) is 0 Å². The van der Waals surface area contributed by atoms with Gasteiger partial charge in [0.1, 0.15) is 6.17 Å². The van der Waals surface area contributed by atoms with Crippen LogP contribution in [-0.4, -0.2) is 6.61 Å². The van der Waals surface area contributed by atoms with Gasteiger partial charge in [0.2, 0.25) is 0 Å². The Hall–Kier alpha value is -2.94. The van der Waals surface area contributed by atoms with Crippen molar-refractivity contribution < 1.29 is 13.5 Å². The summed E-state index contributed by atoms with van der Waals surface area (Å²) < 4.78 is 33.4. The van der Waals surface area contributed by atoms with Gasteiger partial charge in [-0.15, -0.1) is 0 Å². The summed E-state index contributed by atoms with van der Waals surface area (Å²) in [6.45, 7) is 2.25. The van der Waals surface area contributed by atoms with Gasteiger partial charge in [-0.05, 0) is 41.3 Å².